The first-order valence-corrected chi connectivity index (χ1v) is 5.49. The van der Waals surface area contributed by atoms with Crippen molar-refractivity contribution in [1.82, 2.24) is 5.32 Å². The molecule has 5 nitrogen and oxygen atoms in total. The van der Waals surface area contributed by atoms with Crippen LogP contribution in [0.4, 0.5) is 28.0 Å². The van der Waals surface area contributed by atoms with Crippen molar-refractivity contribution in [2.45, 2.75) is 6.18 Å². The van der Waals surface area contributed by atoms with E-state index in [1.807, 2.05) is 5.32 Å². The van der Waals surface area contributed by atoms with Gasteiger partial charge in [-0.3, -0.25) is 0 Å². The number of hydrogen-bond donors (Lipinski definition) is 3. The lowest BCUT2D eigenvalue weighted by Gasteiger charge is -2.10. The molecular formula is C12H10F4N2O3. The summed E-state index contributed by atoms with van der Waals surface area (Å²) in [5, 5.41) is 11.8. The molecule has 0 unspecified atom stereocenters. The molecule has 1 aromatic rings. The fourth-order valence-corrected chi connectivity index (χ4v) is 1.25. The predicted molar refractivity (Wildman–Crippen MR) is 66.1 cm³/mol. The van der Waals surface area contributed by atoms with Crippen molar-refractivity contribution in [1.29, 1.82) is 0 Å². The second-order valence-electron chi connectivity index (χ2n) is 3.83. The zero-order valence-electron chi connectivity index (χ0n) is 10.4. The Bertz CT molecular complexity index is 570. The number of aliphatic carboxylic acids is 1. The molecule has 0 fully saturated rings. The molecule has 0 heterocycles. The number of rotatable bonds is 4. The van der Waals surface area contributed by atoms with Crippen LogP contribution < -0.4 is 10.6 Å². The number of carboxylic acid groups (broad SMARTS) is 1. The van der Waals surface area contributed by atoms with Gasteiger partial charge in [0, 0.05) is 6.08 Å². The molecule has 0 saturated carbocycles. The molecule has 0 atom stereocenters. The largest absolute Gasteiger partial charge is 0.478 e. The molecule has 21 heavy (non-hydrogen) atoms. The monoisotopic (exact) mass is 306 g/mol. The van der Waals surface area contributed by atoms with Crippen LogP contribution in [-0.4, -0.2) is 29.8 Å². The number of nitrogens with one attached hydrogen (secondary N) is 2. The lowest BCUT2D eigenvalue weighted by atomic mass is 10.2. The predicted octanol–water partition coefficient (Wildman–Crippen LogP) is 2.61. The smallest absolute Gasteiger partial charge is 0.405 e. The van der Waals surface area contributed by atoms with Crippen molar-refractivity contribution in [2.75, 3.05) is 11.9 Å². The molecule has 0 aliphatic rings. The summed E-state index contributed by atoms with van der Waals surface area (Å²) in [6.45, 7) is -1.54. The summed E-state index contributed by atoms with van der Waals surface area (Å²) in [6.07, 6.45) is -2.65. The fraction of sp³-hybridized carbons (Fsp3) is 0.167. The van der Waals surface area contributed by atoms with Gasteiger partial charge < -0.3 is 15.7 Å². The second kappa shape index (κ2) is 6.73. The minimum Gasteiger partial charge on any atom is -0.478 e. The molecule has 3 N–H and O–H groups in total. The van der Waals surface area contributed by atoms with E-state index in [0.29, 0.717) is 0 Å². The highest BCUT2D eigenvalue weighted by Crippen LogP contribution is 2.17. The van der Waals surface area contributed by atoms with Crippen LogP contribution in [0.2, 0.25) is 0 Å². The van der Waals surface area contributed by atoms with Crippen LogP contribution in [0.25, 0.3) is 6.08 Å². The molecule has 0 spiro atoms. The number of benzene rings is 1. The van der Waals surface area contributed by atoms with Crippen molar-refractivity contribution in [3.63, 3.8) is 0 Å². The number of anilines is 1. The zero-order valence-corrected chi connectivity index (χ0v) is 10.4. The van der Waals surface area contributed by atoms with Crippen LogP contribution in [0, 0.1) is 5.82 Å². The Hall–Kier alpha value is -2.58. The van der Waals surface area contributed by atoms with E-state index in [1.54, 1.807) is 0 Å². The highest BCUT2D eigenvalue weighted by atomic mass is 19.4. The SMILES string of the molecule is O=C(O)/C=C/c1ccc(NC(=O)NCC(F)(F)F)c(F)c1. The lowest BCUT2D eigenvalue weighted by Crippen LogP contribution is -2.36. The van der Waals surface area contributed by atoms with Crippen molar-refractivity contribution in [2.24, 2.45) is 0 Å². The van der Waals surface area contributed by atoms with Crippen LogP contribution in [0.1, 0.15) is 5.56 Å². The van der Waals surface area contributed by atoms with Gasteiger partial charge in [-0.2, -0.15) is 13.2 Å². The van der Waals surface area contributed by atoms with Gasteiger partial charge in [0.25, 0.3) is 0 Å². The van der Waals surface area contributed by atoms with Crippen LogP contribution in [0.3, 0.4) is 0 Å². The average Bonchev–Trinajstić information content (AvgIpc) is 2.36. The number of alkyl halides is 3. The van der Waals surface area contributed by atoms with Gasteiger partial charge in [-0.25, -0.2) is 14.0 Å². The highest BCUT2D eigenvalue weighted by Gasteiger charge is 2.27. The molecule has 114 valence electrons. The normalized spacial score (nSPS) is 11.4. The Morgan fingerprint density at radius 2 is 1.95 bits per heavy atom. The number of halogens is 4. The van der Waals surface area contributed by atoms with Gasteiger partial charge in [0.1, 0.15) is 12.4 Å². The number of carbonyl (C=O) groups is 2. The van der Waals surface area contributed by atoms with E-state index in [4.69, 9.17) is 5.11 Å². The zero-order chi connectivity index (χ0) is 16.0. The third kappa shape index (κ3) is 6.41. The molecule has 0 saturated heterocycles. The Labute approximate surface area is 116 Å². The average molecular weight is 306 g/mol. The minimum absolute atomic E-state index is 0.219. The Balaban J connectivity index is 2.68. The summed E-state index contributed by atoms with van der Waals surface area (Å²) < 4.78 is 49.2. The standard InChI is InChI=1S/C12H10F4N2O3/c13-8-5-7(2-4-10(19)20)1-3-9(8)18-11(21)17-6-12(14,15)16/h1-5H,6H2,(H,19,20)(H2,17,18,21)/b4-2+. The first-order chi connectivity index (χ1) is 9.67. The lowest BCUT2D eigenvalue weighted by molar-refractivity contribution is -0.131. The molecule has 1 rings (SSSR count). The maximum Gasteiger partial charge on any atom is 0.405 e. The van der Waals surface area contributed by atoms with Gasteiger partial charge in [-0.1, -0.05) is 6.07 Å². The van der Waals surface area contributed by atoms with E-state index in [2.05, 4.69) is 0 Å². The summed E-state index contributed by atoms with van der Waals surface area (Å²) in [5.74, 6) is -2.13. The quantitative estimate of drug-likeness (QED) is 0.591. The number of amides is 2. The third-order valence-electron chi connectivity index (χ3n) is 2.11. The maximum atomic E-state index is 13.6. The van der Waals surface area contributed by atoms with Crippen LogP contribution in [0.5, 0.6) is 0 Å². The van der Waals surface area contributed by atoms with E-state index >= 15 is 0 Å². The van der Waals surface area contributed by atoms with Gasteiger partial charge in [0.2, 0.25) is 0 Å². The first kappa shape index (κ1) is 16.5. The number of hydrogen-bond acceptors (Lipinski definition) is 2. The molecule has 0 radical (unpaired) electrons. The molecule has 9 heteroatoms. The fourth-order valence-electron chi connectivity index (χ4n) is 1.25. The summed E-state index contributed by atoms with van der Waals surface area (Å²) in [6, 6.07) is 2.12. The van der Waals surface area contributed by atoms with Gasteiger partial charge in [-0.15, -0.1) is 0 Å². The molecule has 0 aromatic heterocycles. The number of urea groups is 1. The van der Waals surface area contributed by atoms with Gasteiger partial charge >= 0.3 is 18.2 Å². The van der Waals surface area contributed by atoms with E-state index in [-0.39, 0.29) is 11.3 Å². The van der Waals surface area contributed by atoms with Gasteiger partial charge in [0.05, 0.1) is 5.69 Å². The van der Waals surface area contributed by atoms with E-state index < -0.39 is 30.5 Å². The molecule has 0 aliphatic carbocycles. The molecule has 1 aromatic carbocycles. The number of carbonyl (C=O) groups excluding carboxylic acids is 1. The second-order valence-corrected chi connectivity index (χ2v) is 3.83. The van der Waals surface area contributed by atoms with E-state index in [0.717, 1.165) is 24.3 Å². The van der Waals surface area contributed by atoms with Crippen molar-refractivity contribution >= 4 is 23.8 Å². The van der Waals surface area contributed by atoms with E-state index in [1.165, 1.54) is 11.4 Å². The summed E-state index contributed by atoms with van der Waals surface area (Å²) in [7, 11) is 0. The van der Waals surface area contributed by atoms with Gasteiger partial charge in [-0.05, 0) is 23.8 Å². The third-order valence-corrected chi connectivity index (χ3v) is 2.11. The van der Waals surface area contributed by atoms with Gasteiger partial charge in [0.15, 0.2) is 0 Å². The Kier molecular flexibility index (Phi) is 5.28. The summed E-state index contributed by atoms with van der Waals surface area (Å²) in [4.78, 5) is 21.4. The molecule has 0 bridgehead atoms. The summed E-state index contributed by atoms with van der Waals surface area (Å²) >= 11 is 0. The Morgan fingerprint density at radius 1 is 1.29 bits per heavy atom. The minimum atomic E-state index is -4.57. The Morgan fingerprint density at radius 3 is 2.48 bits per heavy atom. The molecular weight excluding hydrogens is 296 g/mol. The van der Waals surface area contributed by atoms with E-state index in [9.17, 15) is 27.2 Å². The topological polar surface area (TPSA) is 78.4 Å². The molecule has 2 amide bonds. The number of carboxylic acids is 1. The molecule has 0 aliphatic heterocycles. The van der Waals surface area contributed by atoms with Crippen molar-refractivity contribution in [3.8, 4) is 0 Å². The maximum absolute atomic E-state index is 13.6. The van der Waals surface area contributed by atoms with Crippen LogP contribution >= 0.6 is 0 Å². The van der Waals surface area contributed by atoms with Crippen molar-refractivity contribution in [3.05, 3.63) is 35.7 Å². The summed E-state index contributed by atoms with van der Waals surface area (Å²) in [5.41, 5.74) is -0.113. The highest BCUT2D eigenvalue weighted by molar-refractivity contribution is 5.90. The van der Waals surface area contributed by atoms with Crippen molar-refractivity contribution < 1.29 is 32.3 Å². The van der Waals surface area contributed by atoms with Crippen LogP contribution in [0.15, 0.2) is 24.3 Å². The first-order valence-electron chi connectivity index (χ1n) is 5.49. The van der Waals surface area contributed by atoms with Crippen LogP contribution in [-0.2, 0) is 4.79 Å².